The number of imide groups is 1. The lowest BCUT2D eigenvalue weighted by Crippen LogP contribution is -2.59. The zero-order chi connectivity index (χ0) is 26.0. The van der Waals surface area contributed by atoms with Crippen LogP contribution in [0, 0.1) is 11.8 Å². The molecule has 6 heteroatoms. The number of rotatable bonds is 11. The second-order valence-electron chi connectivity index (χ2n) is 9.61. The summed E-state index contributed by atoms with van der Waals surface area (Å²) in [5.41, 5.74) is 8.32. The molecule has 0 saturated heterocycles. The third-order valence-corrected chi connectivity index (χ3v) is 5.95. The van der Waals surface area contributed by atoms with Crippen LogP contribution in [0.4, 0.5) is 0 Å². The van der Waals surface area contributed by atoms with E-state index in [9.17, 15) is 14.4 Å². The molecule has 6 nitrogen and oxygen atoms in total. The molecule has 2 aromatic carbocycles. The van der Waals surface area contributed by atoms with Crippen molar-refractivity contribution in [3.8, 4) is 0 Å². The highest BCUT2D eigenvalue weighted by Crippen LogP contribution is 2.17. The summed E-state index contributed by atoms with van der Waals surface area (Å²) in [6, 6.07) is 17.8. The van der Waals surface area contributed by atoms with E-state index in [1.165, 1.54) is 12.5 Å². The molecule has 0 saturated carbocycles. The standard InChI is InChI=1S/C29H39N3O3/c1-20(2)26(30)29(35)32(22(5)33)27(21(3)4)28(34)31-25(19-24-15-10-7-11-16-24)18-12-17-23-13-8-6-9-14-23/h6-16,18,20-21,25-27H,17,19,30H2,1-5H3,(H,31,34). The zero-order valence-corrected chi connectivity index (χ0v) is 21.5. The molecular formula is C29H39N3O3. The van der Waals surface area contributed by atoms with Gasteiger partial charge < -0.3 is 11.1 Å². The van der Waals surface area contributed by atoms with E-state index in [1.807, 2.05) is 88.4 Å². The average Bonchev–Trinajstić information content (AvgIpc) is 2.82. The predicted octanol–water partition coefficient (Wildman–Crippen LogP) is 3.90. The molecule has 0 fully saturated rings. The summed E-state index contributed by atoms with van der Waals surface area (Å²) in [5.74, 6) is -1.83. The van der Waals surface area contributed by atoms with Crippen molar-refractivity contribution in [2.45, 2.75) is 65.6 Å². The molecular weight excluding hydrogens is 438 g/mol. The summed E-state index contributed by atoms with van der Waals surface area (Å²) >= 11 is 0. The van der Waals surface area contributed by atoms with Gasteiger partial charge in [-0.05, 0) is 35.8 Å². The van der Waals surface area contributed by atoms with Crippen LogP contribution in [0.3, 0.4) is 0 Å². The lowest BCUT2D eigenvalue weighted by atomic mass is 9.96. The van der Waals surface area contributed by atoms with Gasteiger partial charge in [-0.15, -0.1) is 0 Å². The number of amides is 3. The average molecular weight is 478 g/mol. The number of hydrogen-bond donors (Lipinski definition) is 2. The molecule has 2 aromatic rings. The number of nitrogens with one attached hydrogen (secondary N) is 1. The Labute approximate surface area is 209 Å². The van der Waals surface area contributed by atoms with Gasteiger partial charge in [0.1, 0.15) is 6.04 Å². The fourth-order valence-corrected chi connectivity index (χ4v) is 3.94. The summed E-state index contributed by atoms with van der Waals surface area (Å²) in [6.45, 7) is 8.59. The van der Waals surface area contributed by atoms with Gasteiger partial charge in [0, 0.05) is 6.92 Å². The minimum Gasteiger partial charge on any atom is -0.348 e. The monoisotopic (exact) mass is 477 g/mol. The maximum atomic E-state index is 13.5. The zero-order valence-electron chi connectivity index (χ0n) is 21.5. The number of nitrogens with two attached hydrogens (primary N) is 1. The topological polar surface area (TPSA) is 92.5 Å². The Morgan fingerprint density at radius 2 is 1.43 bits per heavy atom. The fraction of sp³-hybridized carbons (Fsp3) is 0.414. The van der Waals surface area contributed by atoms with Crippen LogP contribution in [0.15, 0.2) is 72.8 Å². The molecule has 188 valence electrons. The number of carbonyl (C=O) groups excluding carboxylic acids is 3. The SMILES string of the molecule is CC(=O)N(C(=O)C(N)C(C)C)C(C(=O)NC(C=CCc1ccccc1)Cc1ccccc1)C(C)C. The third-order valence-electron chi connectivity index (χ3n) is 5.95. The minimum absolute atomic E-state index is 0.160. The summed E-state index contributed by atoms with van der Waals surface area (Å²) < 4.78 is 0. The molecule has 0 aromatic heterocycles. The molecule has 0 radical (unpaired) electrons. The first kappa shape index (κ1) is 28.0. The maximum Gasteiger partial charge on any atom is 0.247 e. The van der Waals surface area contributed by atoms with Crippen molar-refractivity contribution < 1.29 is 14.4 Å². The molecule has 0 aliphatic carbocycles. The van der Waals surface area contributed by atoms with Gasteiger partial charge in [0.2, 0.25) is 17.7 Å². The highest BCUT2D eigenvalue weighted by molar-refractivity contribution is 6.01. The van der Waals surface area contributed by atoms with Crippen LogP contribution < -0.4 is 11.1 Å². The molecule has 2 rings (SSSR count). The molecule has 3 unspecified atom stereocenters. The molecule has 0 heterocycles. The first-order valence-corrected chi connectivity index (χ1v) is 12.3. The molecule has 0 bridgehead atoms. The Morgan fingerprint density at radius 1 is 0.886 bits per heavy atom. The van der Waals surface area contributed by atoms with Gasteiger partial charge in [0.15, 0.2) is 0 Å². The highest BCUT2D eigenvalue weighted by atomic mass is 16.2. The Morgan fingerprint density at radius 3 is 1.91 bits per heavy atom. The lowest BCUT2D eigenvalue weighted by molar-refractivity contribution is -0.154. The van der Waals surface area contributed by atoms with Crippen molar-refractivity contribution >= 4 is 17.7 Å². The van der Waals surface area contributed by atoms with E-state index >= 15 is 0 Å². The van der Waals surface area contributed by atoms with Gasteiger partial charge in [0.05, 0.1) is 12.1 Å². The Bertz CT molecular complexity index is 987. The second-order valence-corrected chi connectivity index (χ2v) is 9.61. The number of allylic oxidation sites excluding steroid dienone is 1. The number of benzene rings is 2. The molecule has 35 heavy (non-hydrogen) atoms. The smallest absolute Gasteiger partial charge is 0.247 e. The van der Waals surface area contributed by atoms with E-state index in [2.05, 4.69) is 17.4 Å². The summed E-state index contributed by atoms with van der Waals surface area (Å²) in [7, 11) is 0. The third kappa shape index (κ3) is 8.48. The van der Waals surface area contributed by atoms with Gasteiger partial charge in [-0.25, -0.2) is 0 Å². The molecule has 3 amide bonds. The molecule has 3 N–H and O–H groups in total. The Balaban J connectivity index is 2.28. The lowest BCUT2D eigenvalue weighted by Gasteiger charge is -2.34. The summed E-state index contributed by atoms with van der Waals surface area (Å²) in [6.07, 6.45) is 5.34. The van der Waals surface area contributed by atoms with Gasteiger partial charge in [-0.3, -0.25) is 19.3 Å². The van der Waals surface area contributed by atoms with Crippen molar-refractivity contribution in [3.63, 3.8) is 0 Å². The minimum atomic E-state index is -0.953. The van der Waals surface area contributed by atoms with Gasteiger partial charge in [0.25, 0.3) is 0 Å². The quantitative estimate of drug-likeness (QED) is 0.480. The van der Waals surface area contributed by atoms with Crippen molar-refractivity contribution in [3.05, 3.63) is 83.9 Å². The normalized spacial score (nSPS) is 14.1. The highest BCUT2D eigenvalue weighted by Gasteiger charge is 2.38. The molecule has 0 aliphatic heterocycles. The summed E-state index contributed by atoms with van der Waals surface area (Å²) in [5, 5.41) is 3.08. The Hall–Kier alpha value is -3.25. The number of nitrogens with zero attached hydrogens (tertiary/aromatic N) is 1. The first-order valence-electron chi connectivity index (χ1n) is 12.3. The van der Waals surface area contributed by atoms with E-state index < -0.39 is 23.9 Å². The van der Waals surface area contributed by atoms with E-state index in [-0.39, 0.29) is 23.8 Å². The second kappa shape index (κ2) is 13.6. The van der Waals surface area contributed by atoms with Crippen LogP contribution in [0.1, 0.15) is 45.7 Å². The van der Waals surface area contributed by atoms with Crippen LogP contribution in [0.5, 0.6) is 0 Å². The maximum absolute atomic E-state index is 13.5. The first-order chi connectivity index (χ1) is 16.6. The number of carbonyl (C=O) groups is 3. The van der Waals surface area contributed by atoms with E-state index in [0.717, 1.165) is 16.9 Å². The van der Waals surface area contributed by atoms with E-state index in [0.29, 0.717) is 6.42 Å². The van der Waals surface area contributed by atoms with Crippen molar-refractivity contribution in [2.75, 3.05) is 0 Å². The Kier molecular flexibility index (Phi) is 10.9. The van der Waals surface area contributed by atoms with Gasteiger partial charge in [-0.2, -0.15) is 0 Å². The van der Waals surface area contributed by atoms with Crippen LogP contribution in [0.2, 0.25) is 0 Å². The van der Waals surface area contributed by atoms with E-state index in [4.69, 9.17) is 5.73 Å². The van der Waals surface area contributed by atoms with Crippen molar-refractivity contribution in [1.82, 2.24) is 10.2 Å². The molecule has 3 atom stereocenters. The van der Waals surface area contributed by atoms with Crippen LogP contribution in [-0.2, 0) is 27.2 Å². The van der Waals surface area contributed by atoms with Crippen molar-refractivity contribution in [2.24, 2.45) is 17.6 Å². The summed E-state index contributed by atoms with van der Waals surface area (Å²) in [4.78, 5) is 40.2. The largest absolute Gasteiger partial charge is 0.348 e. The predicted molar refractivity (Wildman–Crippen MR) is 140 cm³/mol. The number of hydrogen-bond acceptors (Lipinski definition) is 4. The molecule has 0 aliphatic rings. The molecule has 0 spiro atoms. The van der Waals surface area contributed by atoms with Gasteiger partial charge in [-0.1, -0.05) is 101 Å². The van der Waals surface area contributed by atoms with Crippen LogP contribution >= 0.6 is 0 Å². The van der Waals surface area contributed by atoms with Crippen LogP contribution in [-0.4, -0.2) is 40.7 Å². The van der Waals surface area contributed by atoms with Crippen molar-refractivity contribution in [1.29, 1.82) is 0 Å². The van der Waals surface area contributed by atoms with E-state index in [1.54, 1.807) is 0 Å². The fourth-order valence-electron chi connectivity index (χ4n) is 3.94. The van der Waals surface area contributed by atoms with Gasteiger partial charge >= 0.3 is 0 Å². The van der Waals surface area contributed by atoms with Crippen LogP contribution in [0.25, 0.3) is 0 Å².